The van der Waals surface area contributed by atoms with Crippen LogP contribution in [0, 0.1) is 0 Å². The van der Waals surface area contributed by atoms with E-state index in [2.05, 4.69) is 10.3 Å². The summed E-state index contributed by atoms with van der Waals surface area (Å²) in [5, 5.41) is 4.56. The summed E-state index contributed by atoms with van der Waals surface area (Å²) in [5.74, 6) is -0.0995. The molecular formula is C17H11ClN2O. The molecule has 2 heterocycles. The number of nitrogens with one attached hydrogen (secondary N) is 2. The van der Waals surface area contributed by atoms with Gasteiger partial charge in [0.1, 0.15) is 0 Å². The summed E-state index contributed by atoms with van der Waals surface area (Å²) >= 11 is 5.96. The Morgan fingerprint density at radius 1 is 1.10 bits per heavy atom. The first kappa shape index (κ1) is 12.2. The smallest absolute Gasteiger partial charge is 0.256 e. The first-order chi connectivity index (χ1) is 10.2. The fourth-order valence-electron chi connectivity index (χ4n) is 2.68. The van der Waals surface area contributed by atoms with E-state index in [1.54, 1.807) is 12.1 Å². The molecule has 2 aromatic carbocycles. The highest BCUT2D eigenvalue weighted by Gasteiger charge is 2.24. The second-order valence-corrected chi connectivity index (χ2v) is 5.43. The van der Waals surface area contributed by atoms with Gasteiger partial charge >= 0.3 is 0 Å². The monoisotopic (exact) mass is 294 g/mol. The molecule has 102 valence electrons. The molecule has 3 aromatic rings. The van der Waals surface area contributed by atoms with Gasteiger partial charge in [0.05, 0.1) is 5.69 Å². The van der Waals surface area contributed by atoms with Gasteiger partial charge in [0, 0.05) is 38.8 Å². The molecular weight excluding hydrogens is 284 g/mol. The number of hydrogen-bond donors (Lipinski definition) is 2. The van der Waals surface area contributed by atoms with Gasteiger partial charge in [-0.3, -0.25) is 4.79 Å². The topological polar surface area (TPSA) is 44.9 Å². The molecule has 4 rings (SSSR count). The molecule has 0 saturated carbocycles. The van der Waals surface area contributed by atoms with E-state index in [1.165, 1.54) is 0 Å². The molecule has 3 nitrogen and oxygen atoms in total. The summed E-state index contributed by atoms with van der Waals surface area (Å²) in [6, 6.07) is 13.5. The number of rotatable bonds is 1. The average molecular weight is 295 g/mol. The van der Waals surface area contributed by atoms with Crippen LogP contribution in [0.1, 0.15) is 11.1 Å². The van der Waals surface area contributed by atoms with E-state index in [4.69, 9.17) is 11.6 Å². The largest absolute Gasteiger partial charge is 0.361 e. The molecule has 1 aliphatic rings. The van der Waals surface area contributed by atoms with Crippen molar-refractivity contribution < 1.29 is 4.79 Å². The maximum absolute atomic E-state index is 12.2. The van der Waals surface area contributed by atoms with Gasteiger partial charge < -0.3 is 10.3 Å². The summed E-state index contributed by atoms with van der Waals surface area (Å²) < 4.78 is 0. The van der Waals surface area contributed by atoms with Gasteiger partial charge in [0.25, 0.3) is 5.91 Å². The van der Waals surface area contributed by atoms with Gasteiger partial charge in [0.15, 0.2) is 0 Å². The maximum Gasteiger partial charge on any atom is 0.256 e. The minimum Gasteiger partial charge on any atom is -0.361 e. The highest BCUT2D eigenvalue weighted by atomic mass is 35.5. The van der Waals surface area contributed by atoms with Crippen molar-refractivity contribution in [1.29, 1.82) is 0 Å². The standard InChI is InChI=1S/C17H11ClN2O/c18-11-5-6-13-14(17(21)20-16(13)8-11)7-10-9-19-15-4-2-1-3-12(10)15/h1-9,19H,(H,20,21)/b14-7-. The predicted molar refractivity (Wildman–Crippen MR) is 86.3 cm³/mol. The average Bonchev–Trinajstić information content (AvgIpc) is 3.01. The number of carbonyl (C=O) groups is 1. The molecule has 0 unspecified atom stereocenters. The van der Waals surface area contributed by atoms with Crippen molar-refractivity contribution in [1.82, 2.24) is 4.98 Å². The van der Waals surface area contributed by atoms with E-state index in [0.29, 0.717) is 10.6 Å². The maximum atomic E-state index is 12.2. The minimum absolute atomic E-state index is 0.0995. The van der Waals surface area contributed by atoms with Crippen molar-refractivity contribution >= 4 is 45.7 Å². The molecule has 0 saturated heterocycles. The number of para-hydroxylation sites is 1. The Balaban J connectivity index is 1.89. The third-order valence-electron chi connectivity index (χ3n) is 3.69. The second-order valence-electron chi connectivity index (χ2n) is 4.99. The molecule has 0 bridgehead atoms. The number of benzene rings is 2. The molecule has 0 aliphatic carbocycles. The normalized spacial score (nSPS) is 15.5. The third-order valence-corrected chi connectivity index (χ3v) is 3.92. The predicted octanol–water partition coefficient (Wildman–Crippen LogP) is 4.31. The molecule has 0 radical (unpaired) electrons. The first-order valence-corrected chi connectivity index (χ1v) is 6.99. The van der Waals surface area contributed by atoms with Crippen LogP contribution in [0.3, 0.4) is 0 Å². The molecule has 4 heteroatoms. The Morgan fingerprint density at radius 3 is 2.86 bits per heavy atom. The van der Waals surface area contributed by atoms with Crippen molar-refractivity contribution in [3.63, 3.8) is 0 Å². The van der Waals surface area contributed by atoms with Crippen molar-refractivity contribution in [2.24, 2.45) is 0 Å². The van der Waals surface area contributed by atoms with Gasteiger partial charge in [-0.1, -0.05) is 35.9 Å². The molecule has 0 atom stereocenters. The van der Waals surface area contributed by atoms with Crippen LogP contribution < -0.4 is 5.32 Å². The lowest BCUT2D eigenvalue weighted by molar-refractivity contribution is -0.110. The van der Waals surface area contributed by atoms with Crippen LogP contribution in [0.25, 0.3) is 22.6 Å². The summed E-state index contributed by atoms with van der Waals surface area (Å²) in [6.07, 6.45) is 3.83. The van der Waals surface area contributed by atoms with E-state index >= 15 is 0 Å². The Labute approximate surface area is 126 Å². The highest BCUT2D eigenvalue weighted by molar-refractivity contribution is 6.36. The fraction of sp³-hybridized carbons (Fsp3) is 0. The van der Waals surface area contributed by atoms with E-state index in [-0.39, 0.29) is 5.91 Å². The van der Waals surface area contributed by atoms with E-state index in [9.17, 15) is 4.79 Å². The van der Waals surface area contributed by atoms with Crippen LogP contribution in [0.4, 0.5) is 5.69 Å². The summed E-state index contributed by atoms with van der Waals surface area (Å²) in [7, 11) is 0. The van der Waals surface area contributed by atoms with Crippen molar-refractivity contribution in [2.75, 3.05) is 5.32 Å². The van der Waals surface area contributed by atoms with Gasteiger partial charge in [-0.15, -0.1) is 0 Å². The zero-order valence-corrected chi connectivity index (χ0v) is 11.7. The van der Waals surface area contributed by atoms with Gasteiger partial charge in [-0.2, -0.15) is 0 Å². The lowest BCUT2D eigenvalue weighted by Gasteiger charge is -1.98. The van der Waals surface area contributed by atoms with Crippen molar-refractivity contribution in [3.05, 3.63) is 64.8 Å². The number of carbonyl (C=O) groups excluding carboxylic acids is 1. The number of hydrogen-bond acceptors (Lipinski definition) is 1. The van der Waals surface area contributed by atoms with Gasteiger partial charge in [-0.05, 0) is 24.3 Å². The van der Waals surface area contributed by atoms with E-state index < -0.39 is 0 Å². The van der Waals surface area contributed by atoms with Crippen LogP contribution in [0.15, 0.2) is 48.7 Å². The lowest BCUT2D eigenvalue weighted by atomic mass is 10.0. The third kappa shape index (κ3) is 1.94. The Morgan fingerprint density at radius 2 is 1.95 bits per heavy atom. The van der Waals surface area contributed by atoms with Crippen LogP contribution in [-0.2, 0) is 4.79 Å². The molecule has 2 N–H and O–H groups in total. The van der Waals surface area contributed by atoms with Crippen LogP contribution in [0.5, 0.6) is 0 Å². The number of H-pyrrole nitrogens is 1. The molecule has 21 heavy (non-hydrogen) atoms. The van der Waals surface area contributed by atoms with Crippen LogP contribution in [0.2, 0.25) is 5.02 Å². The zero-order valence-electron chi connectivity index (χ0n) is 11.0. The van der Waals surface area contributed by atoms with Gasteiger partial charge in [0.2, 0.25) is 0 Å². The lowest BCUT2D eigenvalue weighted by Crippen LogP contribution is -2.03. The minimum atomic E-state index is -0.0995. The number of halogens is 1. The van der Waals surface area contributed by atoms with Gasteiger partial charge in [-0.25, -0.2) is 0 Å². The number of fused-ring (bicyclic) bond motifs is 2. The number of aromatic amines is 1. The van der Waals surface area contributed by atoms with Crippen LogP contribution >= 0.6 is 11.6 Å². The second kappa shape index (κ2) is 4.50. The van der Waals surface area contributed by atoms with E-state index in [0.717, 1.165) is 27.7 Å². The molecule has 1 aromatic heterocycles. The summed E-state index contributed by atoms with van der Waals surface area (Å²) in [4.78, 5) is 15.4. The number of anilines is 1. The quantitative estimate of drug-likeness (QED) is 0.645. The Kier molecular flexibility index (Phi) is 2.62. The van der Waals surface area contributed by atoms with Crippen molar-refractivity contribution in [3.8, 4) is 0 Å². The molecule has 0 spiro atoms. The summed E-state index contributed by atoms with van der Waals surface area (Å²) in [5.41, 5.74) is 4.36. The first-order valence-electron chi connectivity index (χ1n) is 6.61. The fourth-order valence-corrected chi connectivity index (χ4v) is 2.85. The van der Waals surface area contributed by atoms with E-state index in [1.807, 2.05) is 42.6 Å². The van der Waals surface area contributed by atoms with Crippen molar-refractivity contribution in [2.45, 2.75) is 0 Å². The Bertz CT molecular complexity index is 908. The SMILES string of the molecule is O=C1Nc2cc(Cl)ccc2/C1=C/c1c[nH]c2ccccc12. The molecule has 0 fully saturated rings. The van der Waals surface area contributed by atoms with Crippen LogP contribution in [-0.4, -0.2) is 10.9 Å². The highest BCUT2D eigenvalue weighted by Crippen LogP contribution is 2.35. The zero-order chi connectivity index (χ0) is 14.4. The molecule has 1 aliphatic heterocycles. The Hall–Kier alpha value is -2.52. The molecule has 1 amide bonds. The number of aromatic nitrogens is 1. The summed E-state index contributed by atoms with van der Waals surface area (Å²) in [6.45, 7) is 0. The number of amides is 1.